The van der Waals surface area contributed by atoms with Gasteiger partial charge in [0.25, 0.3) is 0 Å². The molecule has 0 bridgehead atoms. The summed E-state index contributed by atoms with van der Waals surface area (Å²) in [5, 5.41) is 11.0. The van der Waals surface area contributed by atoms with Crippen LogP contribution in [0.4, 0.5) is 48.1 Å². The van der Waals surface area contributed by atoms with Gasteiger partial charge in [-0.2, -0.15) is 0 Å². The Morgan fingerprint density at radius 3 is 2.09 bits per heavy atom. The number of carbonyl (C=O) groups excluding carboxylic acids is 1. The predicted molar refractivity (Wildman–Crippen MR) is 128 cm³/mol. The molecule has 34 heavy (non-hydrogen) atoms. The summed E-state index contributed by atoms with van der Waals surface area (Å²) in [6.07, 6.45) is 1.72. The van der Waals surface area contributed by atoms with Crippen molar-refractivity contribution < 1.29 is 13.6 Å². The summed E-state index contributed by atoms with van der Waals surface area (Å²) in [6, 6.07) is 14.9. The van der Waals surface area contributed by atoms with Gasteiger partial charge in [0.15, 0.2) is 0 Å². The van der Waals surface area contributed by atoms with Crippen molar-refractivity contribution in [1.82, 2.24) is 15.0 Å². The van der Waals surface area contributed by atoms with Crippen LogP contribution >= 0.6 is 0 Å². The van der Waals surface area contributed by atoms with Crippen molar-refractivity contribution in [1.29, 1.82) is 0 Å². The number of para-hydroxylation sites is 1. The molecule has 0 saturated heterocycles. The van der Waals surface area contributed by atoms with Crippen LogP contribution in [0.25, 0.3) is 0 Å². The Balaban J connectivity index is 1.40. The molecule has 0 atom stereocenters. The Morgan fingerprint density at radius 1 is 0.765 bits per heavy atom. The Morgan fingerprint density at radius 2 is 1.41 bits per heavy atom. The van der Waals surface area contributed by atoms with Gasteiger partial charge in [0.05, 0.1) is 0 Å². The van der Waals surface area contributed by atoms with Crippen LogP contribution in [0.3, 0.4) is 0 Å². The van der Waals surface area contributed by atoms with Gasteiger partial charge in [0.2, 0.25) is 0 Å². The van der Waals surface area contributed by atoms with Crippen LogP contribution in [0.15, 0.2) is 66.9 Å². The number of urea groups is 1. The summed E-state index contributed by atoms with van der Waals surface area (Å²) in [6.45, 7) is 3.76. The van der Waals surface area contributed by atoms with Crippen molar-refractivity contribution >= 4 is 40.5 Å². The summed E-state index contributed by atoms with van der Waals surface area (Å²) in [5.74, 6) is 0.673. The van der Waals surface area contributed by atoms with Gasteiger partial charge in [0.1, 0.15) is 40.6 Å². The van der Waals surface area contributed by atoms with Crippen molar-refractivity contribution in [3.8, 4) is 0 Å². The quantitative estimate of drug-likeness (QED) is 0.285. The minimum absolute atomic E-state index is 0.437. The van der Waals surface area contributed by atoms with E-state index < -0.39 is 23.4 Å². The number of pyridine rings is 1. The van der Waals surface area contributed by atoms with E-state index in [1.165, 1.54) is 6.07 Å². The maximum atomic E-state index is 13.7. The van der Waals surface area contributed by atoms with Gasteiger partial charge in [-0.05, 0) is 67.9 Å². The first-order valence-corrected chi connectivity index (χ1v) is 10.3. The molecule has 2 heterocycles. The molecule has 0 saturated carbocycles. The molecule has 8 nitrogen and oxygen atoms in total. The van der Waals surface area contributed by atoms with Gasteiger partial charge >= 0.3 is 6.03 Å². The van der Waals surface area contributed by atoms with E-state index in [1.807, 2.05) is 19.1 Å². The number of aromatic nitrogens is 3. The topological polar surface area (TPSA) is 104 Å². The van der Waals surface area contributed by atoms with E-state index in [2.05, 4.69) is 36.2 Å². The highest BCUT2D eigenvalue weighted by Crippen LogP contribution is 2.22. The summed E-state index contributed by atoms with van der Waals surface area (Å²) in [5.41, 5.74) is 1.71. The molecule has 0 radical (unpaired) electrons. The Bertz CT molecular complexity index is 1310. The molecule has 0 aliphatic carbocycles. The molecule has 0 aliphatic heterocycles. The zero-order valence-corrected chi connectivity index (χ0v) is 18.4. The molecule has 2 aromatic carbocycles. The first-order valence-electron chi connectivity index (χ1n) is 10.3. The van der Waals surface area contributed by atoms with E-state index in [-0.39, 0.29) is 0 Å². The van der Waals surface area contributed by atoms with E-state index in [9.17, 15) is 13.6 Å². The molecule has 0 spiro atoms. The molecule has 4 N–H and O–H groups in total. The summed E-state index contributed by atoms with van der Waals surface area (Å²) in [4.78, 5) is 25.2. The van der Waals surface area contributed by atoms with Crippen molar-refractivity contribution in [2.24, 2.45) is 0 Å². The first-order chi connectivity index (χ1) is 16.4. The van der Waals surface area contributed by atoms with Crippen LogP contribution in [-0.2, 0) is 0 Å². The molecule has 4 aromatic rings. The normalized spacial score (nSPS) is 10.5. The fourth-order valence-electron chi connectivity index (χ4n) is 3.11. The smallest absolute Gasteiger partial charge is 0.323 e. The molecule has 2 aromatic heterocycles. The Kier molecular flexibility index (Phi) is 6.58. The second-order valence-electron chi connectivity index (χ2n) is 7.41. The Labute approximate surface area is 194 Å². The van der Waals surface area contributed by atoms with Gasteiger partial charge < -0.3 is 21.3 Å². The zero-order valence-electron chi connectivity index (χ0n) is 18.4. The van der Waals surface area contributed by atoms with E-state index in [1.54, 1.807) is 43.5 Å². The molecular weight excluding hydrogens is 440 g/mol. The second-order valence-corrected chi connectivity index (χ2v) is 7.41. The molecule has 2 amide bonds. The minimum Gasteiger partial charge on any atom is -0.340 e. The lowest BCUT2D eigenvalue weighted by Gasteiger charge is -2.12. The number of hydrogen-bond donors (Lipinski definition) is 4. The van der Waals surface area contributed by atoms with Crippen molar-refractivity contribution in [2.45, 2.75) is 13.8 Å². The van der Waals surface area contributed by atoms with Crippen LogP contribution in [0.5, 0.6) is 0 Å². The number of benzene rings is 2. The van der Waals surface area contributed by atoms with Gasteiger partial charge in [-0.15, -0.1) is 0 Å². The standard InChI is InChI=1S/C24H21F2N7O/c1-14-10-11-27-20(12-14)32-22-13-21(28-15(2)29-22)30-16-6-8-17(9-7-16)31-24(34)33-23-18(25)4-3-5-19(23)26/h3-13H,1-2H3,(H2,31,33,34)(H2,27,28,29,30,32). The van der Waals surface area contributed by atoms with Gasteiger partial charge in [-0.25, -0.2) is 28.5 Å². The van der Waals surface area contributed by atoms with Gasteiger partial charge in [-0.3, -0.25) is 0 Å². The number of carbonyl (C=O) groups is 1. The maximum Gasteiger partial charge on any atom is 0.323 e. The molecule has 0 unspecified atom stereocenters. The van der Waals surface area contributed by atoms with Crippen LogP contribution in [-0.4, -0.2) is 21.0 Å². The zero-order chi connectivity index (χ0) is 24.1. The molecule has 172 valence electrons. The van der Waals surface area contributed by atoms with Crippen molar-refractivity contribution in [2.75, 3.05) is 21.3 Å². The monoisotopic (exact) mass is 461 g/mol. The fourth-order valence-corrected chi connectivity index (χ4v) is 3.11. The summed E-state index contributed by atoms with van der Waals surface area (Å²) >= 11 is 0. The number of anilines is 6. The number of rotatable bonds is 6. The summed E-state index contributed by atoms with van der Waals surface area (Å²) in [7, 11) is 0. The van der Waals surface area contributed by atoms with Crippen molar-refractivity contribution in [3.05, 3.63) is 89.9 Å². The van der Waals surface area contributed by atoms with Crippen molar-refractivity contribution in [3.63, 3.8) is 0 Å². The number of aryl methyl sites for hydroxylation is 2. The average Bonchev–Trinajstić information content (AvgIpc) is 2.77. The predicted octanol–water partition coefficient (Wildman–Crippen LogP) is 5.90. The molecule has 0 fully saturated rings. The van der Waals surface area contributed by atoms with Crippen LogP contribution in [0.2, 0.25) is 0 Å². The highest BCUT2D eigenvalue weighted by atomic mass is 19.1. The fraction of sp³-hybridized carbons (Fsp3) is 0.0833. The number of nitrogens with one attached hydrogen (secondary N) is 4. The highest BCUT2D eigenvalue weighted by molar-refractivity contribution is 6.00. The third-order valence-electron chi connectivity index (χ3n) is 4.63. The highest BCUT2D eigenvalue weighted by Gasteiger charge is 2.12. The summed E-state index contributed by atoms with van der Waals surface area (Å²) < 4.78 is 27.4. The van der Waals surface area contributed by atoms with Gasteiger partial charge in [0, 0.05) is 23.6 Å². The number of hydrogen-bond acceptors (Lipinski definition) is 6. The third-order valence-corrected chi connectivity index (χ3v) is 4.63. The lowest BCUT2D eigenvalue weighted by atomic mass is 10.2. The molecule has 10 heteroatoms. The van der Waals surface area contributed by atoms with E-state index in [0.29, 0.717) is 34.7 Å². The molecule has 0 aliphatic rings. The second kappa shape index (κ2) is 9.90. The van der Waals surface area contributed by atoms with Crippen LogP contribution < -0.4 is 21.3 Å². The number of nitrogens with zero attached hydrogens (tertiary/aromatic N) is 3. The van der Waals surface area contributed by atoms with E-state index in [0.717, 1.165) is 17.7 Å². The minimum atomic E-state index is -0.859. The first kappa shape index (κ1) is 22.6. The average molecular weight is 461 g/mol. The maximum absolute atomic E-state index is 13.7. The lowest BCUT2D eigenvalue weighted by molar-refractivity contribution is 0.262. The number of amides is 2. The SMILES string of the molecule is Cc1ccnc(Nc2cc(Nc3ccc(NC(=O)Nc4c(F)cccc4F)cc3)nc(C)n2)c1. The Hall–Kier alpha value is -4.60. The number of halogens is 2. The largest absolute Gasteiger partial charge is 0.340 e. The van der Waals surface area contributed by atoms with Crippen LogP contribution in [0, 0.1) is 25.5 Å². The lowest BCUT2D eigenvalue weighted by Crippen LogP contribution is -2.20. The molecule has 4 rings (SSSR count). The van der Waals surface area contributed by atoms with E-state index in [4.69, 9.17) is 0 Å². The van der Waals surface area contributed by atoms with E-state index >= 15 is 0 Å². The third kappa shape index (κ3) is 5.80. The van der Waals surface area contributed by atoms with Crippen LogP contribution in [0.1, 0.15) is 11.4 Å². The van der Waals surface area contributed by atoms with Gasteiger partial charge in [-0.1, -0.05) is 6.07 Å². The molecular formula is C24H21F2N7O.